The van der Waals surface area contributed by atoms with Gasteiger partial charge in [0.25, 0.3) is 0 Å². The summed E-state index contributed by atoms with van der Waals surface area (Å²) in [4.78, 5) is 0. The van der Waals surface area contributed by atoms with E-state index in [-0.39, 0.29) is 6.04 Å². The van der Waals surface area contributed by atoms with E-state index in [0.29, 0.717) is 0 Å². The third-order valence-electron chi connectivity index (χ3n) is 3.01. The van der Waals surface area contributed by atoms with E-state index >= 15 is 0 Å². The van der Waals surface area contributed by atoms with Crippen LogP contribution in [0.2, 0.25) is 0 Å². The zero-order valence-corrected chi connectivity index (χ0v) is 9.54. The lowest BCUT2D eigenvalue weighted by molar-refractivity contribution is 0.412. The number of sulfonamides is 1. The van der Waals surface area contributed by atoms with Gasteiger partial charge in [0.15, 0.2) is 0 Å². The van der Waals surface area contributed by atoms with Gasteiger partial charge in [0.05, 0.1) is 0 Å². The molecule has 0 unspecified atom stereocenters. The Bertz CT molecular complexity index is 352. The molecule has 0 radical (unpaired) electrons. The first kappa shape index (κ1) is 10.9. The van der Waals surface area contributed by atoms with Crippen molar-refractivity contribution in [1.29, 1.82) is 0 Å². The Labute approximate surface area is 91.3 Å². The lowest BCUT2D eigenvalue weighted by Gasteiger charge is -2.23. The van der Waals surface area contributed by atoms with Crippen molar-refractivity contribution in [3.63, 3.8) is 0 Å². The van der Waals surface area contributed by atoms with Crippen molar-refractivity contribution in [1.82, 2.24) is 4.72 Å². The average molecular weight is 227 g/mol. The van der Waals surface area contributed by atoms with Gasteiger partial charge in [-0.2, -0.15) is 0 Å². The van der Waals surface area contributed by atoms with Gasteiger partial charge in [-0.1, -0.05) is 43.6 Å². The number of allylic oxidation sites excluding steroid dienone is 2. The van der Waals surface area contributed by atoms with Crippen molar-refractivity contribution in [2.45, 2.75) is 43.4 Å². The van der Waals surface area contributed by atoms with Gasteiger partial charge in [-0.3, -0.25) is 0 Å². The molecule has 1 saturated carbocycles. The van der Waals surface area contributed by atoms with E-state index in [0.717, 1.165) is 25.7 Å². The summed E-state index contributed by atoms with van der Waals surface area (Å²) in [6.45, 7) is 0. The summed E-state index contributed by atoms with van der Waals surface area (Å²) in [6, 6.07) is 0.158. The Balaban J connectivity index is 1.97. The van der Waals surface area contributed by atoms with Gasteiger partial charge in [-0.05, 0) is 12.8 Å². The molecule has 0 saturated heterocycles. The highest BCUT2D eigenvalue weighted by Gasteiger charge is 2.26. The third kappa shape index (κ3) is 2.69. The average Bonchev–Trinajstić information content (AvgIpc) is 2.71. The number of hydrogen-bond acceptors (Lipinski definition) is 2. The summed E-state index contributed by atoms with van der Waals surface area (Å²) in [5, 5.41) is -0.459. The van der Waals surface area contributed by atoms with Crippen LogP contribution >= 0.6 is 0 Å². The molecule has 0 aromatic heterocycles. The highest BCUT2D eigenvalue weighted by atomic mass is 32.2. The Morgan fingerprint density at radius 2 is 1.60 bits per heavy atom. The van der Waals surface area contributed by atoms with E-state index in [4.69, 9.17) is 0 Å². The van der Waals surface area contributed by atoms with Crippen molar-refractivity contribution in [3.05, 3.63) is 24.3 Å². The van der Waals surface area contributed by atoms with Crippen LogP contribution in [0.4, 0.5) is 0 Å². The summed E-state index contributed by atoms with van der Waals surface area (Å²) in [6.07, 6.45) is 12.5. The number of hydrogen-bond donors (Lipinski definition) is 1. The maximum Gasteiger partial charge on any atom is 0.221 e. The Hall–Kier alpha value is -0.610. The predicted octanol–water partition coefficient (Wildman–Crippen LogP) is 1.73. The largest absolute Gasteiger partial charge is 0.221 e. The van der Waals surface area contributed by atoms with E-state index in [2.05, 4.69) is 4.72 Å². The smallest absolute Gasteiger partial charge is 0.211 e. The van der Waals surface area contributed by atoms with E-state index < -0.39 is 15.3 Å². The SMILES string of the molecule is O=S(=O)(NC1CCCCC1)C1C=CC=C1. The molecule has 0 bridgehead atoms. The molecule has 0 spiro atoms. The summed E-state index contributed by atoms with van der Waals surface area (Å²) < 4.78 is 26.6. The summed E-state index contributed by atoms with van der Waals surface area (Å²) in [5.41, 5.74) is 0. The molecule has 2 aliphatic rings. The molecule has 4 heteroatoms. The Kier molecular flexibility index (Phi) is 3.26. The number of nitrogens with one attached hydrogen (secondary N) is 1. The second-order valence-electron chi connectivity index (χ2n) is 4.23. The topological polar surface area (TPSA) is 46.2 Å². The lowest BCUT2D eigenvalue weighted by Crippen LogP contribution is -2.40. The maximum absolute atomic E-state index is 11.9. The van der Waals surface area contributed by atoms with Crippen LogP contribution in [0.3, 0.4) is 0 Å². The van der Waals surface area contributed by atoms with E-state index in [9.17, 15) is 8.42 Å². The van der Waals surface area contributed by atoms with E-state index in [1.807, 2.05) is 0 Å². The van der Waals surface area contributed by atoms with Gasteiger partial charge in [-0.25, -0.2) is 13.1 Å². The van der Waals surface area contributed by atoms with Crippen LogP contribution in [-0.4, -0.2) is 19.7 Å². The van der Waals surface area contributed by atoms with Crippen LogP contribution in [0.15, 0.2) is 24.3 Å². The Morgan fingerprint density at radius 3 is 2.20 bits per heavy atom. The first-order valence-electron chi connectivity index (χ1n) is 5.54. The van der Waals surface area contributed by atoms with Gasteiger partial charge in [-0.15, -0.1) is 0 Å². The summed E-state index contributed by atoms with van der Waals surface area (Å²) >= 11 is 0. The Morgan fingerprint density at radius 1 is 1.00 bits per heavy atom. The fourth-order valence-corrected chi connectivity index (χ4v) is 3.60. The molecule has 15 heavy (non-hydrogen) atoms. The van der Waals surface area contributed by atoms with Crippen LogP contribution in [0.5, 0.6) is 0 Å². The molecular weight excluding hydrogens is 210 g/mol. The normalized spacial score (nSPS) is 23.7. The monoisotopic (exact) mass is 227 g/mol. The van der Waals surface area contributed by atoms with Crippen LogP contribution < -0.4 is 4.72 Å². The highest BCUT2D eigenvalue weighted by molar-refractivity contribution is 7.90. The van der Waals surface area contributed by atoms with E-state index in [1.54, 1.807) is 24.3 Å². The predicted molar refractivity (Wildman–Crippen MR) is 61.0 cm³/mol. The lowest BCUT2D eigenvalue weighted by atomic mass is 9.96. The maximum atomic E-state index is 11.9. The molecule has 0 atom stereocenters. The second kappa shape index (κ2) is 4.49. The van der Waals surface area contributed by atoms with Crippen LogP contribution in [0.1, 0.15) is 32.1 Å². The molecule has 1 N–H and O–H groups in total. The highest BCUT2D eigenvalue weighted by Crippen LogP contribution is 2.19. The third-order valence-corrected chi connectivity index (χ3v) is 4.70. The second-order valence-corrected chi connectivity index (χ2v) is 6.10. The molecule has 0 amide bonds. The molecule has 2 rings (SSSR count). The van der Waals surface area contributed by atoms with Crippen LogP contribution in [-0.2, 0) is 10.0 Å². The molecule has 0 aromatic carbocycles. The molecule has 0 aliphatic heterocycles. The molecule has 1 fully saturated rings. The molecule has 84 valence electrons. The standard InChI is InChI=1S/C11H17NO2S/c13-15(14,11-8-4-5-9-11)12-10-6-2-1-3-7-10/h4-5,8-12H,1-3,6-7H2. The zero-order valence-electron chi connectivity index (χ0n) is 8.72. The molecule has 2 aliphatic carbocycles. The minimum atomic E-state index is -3.18. The van der Waals surface area contributed by atoms with Crippen molar-refractivity contribution < 1.29 is 8.42 Å². The first-order valence-corrected chi connectivity index (χ1v) is 7.09. The van der Waals surface area contributed by atoms with E-state index in [1.165, 1.54) is 6.42 Å². The van der Waals surface area contributed by atoms with Crippen molar-refractivity contribution in [3.8, 4) is 0 Å². The van der Waals surface area contributed by atoms with Gasteiger partial charge >= 0.3 is 0 Å². The minimum Gasteiger partial charge on any atom is -0.211 e. The van der Waals surface area contributed by atoms with Gasteiger partial charge < -0.3 is 0 Å². The van der Waals surface area contributed by atoms with Crippen LogP contribution in [0, 0.1) is 0 Å². The number of rotatable bonds is 3. The van der Waals surface area contributed by atoms with Crippen molar-refractivity contribution in [2.24, 2.45) is 0 Å². The fourth-order valence-electron chi connectivity index (χ4n) is 2.15. The molecule has 0 heterocycles. The minimum absolute atomic E-state index is 0.158. The fraction of sp³-hybridized carbons (Fsp3) is 0.636. The molecular formula is C11H17NO2S. The van der Waals surface area contributed by atoms with Gasteiger partial charge in [0, 0.05) is 6.04 Å². The van der Waals surface area contributed by atoms with Gasteiger partial charge in [0.2, 0.25) is 10.0 Å². The molecule has 3 nitrogen and oxygen atoms in total. The summed E-state index contributed by atoms with van der Waals surface area (Å²) in [7, 11) is -3.18. The van der Waals surface area contributed by atoms with Crippen molar-refractivity contribution in [2.75, 3.05) is 0 Å². The first-order chi connectivity index (χ1) is 7.18. The van der Waals surface area contributed by atoms with Crippen LogP contribution in [0.25, 0.3) is 0 Å². The van der Waals surface area contributed by atoms with Crippen molar-refractivity contribution >= 4 is 10.0 Å². The quantitative estimate of drug-likeness (QED) is 0.798. The zero-order chi connectivity index (χ0) is 10.7. The van der Waals surface area contributed by atoms with Gasteiger partial charge in [0.1, 0.15) is 5.25 Å². The summed E-state index contributed by atoms with van der Waals surface area (Å²) in [5.74, 6) is 0. The molecule has 0 aromatic rings.